The van der Waals surface area contributed by atoms with Gasteiger partial charge in [-0.25, -0.2) is 4.79 Å². The quantitative estimate of drug-likeness (QED) is 0.427. The van der Waals surface area contributed by atoms with E-state index in [2.05, 4.69) is 11.8 Å². The van der Waals surface area contributed by atoms with Gasteiger partial charge >= 0.3 is 5.97 Å². The summed E-state index contributed by atoms with van der Waals surface area (Å²) in [5, 5.41) is 0. The van der Waals surface area contributed by atoms with Crippen LogP contribution in [-0.4, -0.2) is 5.97 Å². The van der Waals surface area contributed by atoms with Gasteiger partial charge in [0.15, 0.2) is 0 Å². The number of carbonyl (C=O) groups excluding carboxylic acids is 1. The van der Waals surface area contributed by atoms with Crippen molar-refractivity contribution in [2.75, 3.05) is 0 Å². The van der Waals surface area contributed by atoms with Crippen LogP contribution in [0.25, 0.3) is 0 Å². The van der Waals surface area contributed by atoms with E-state index in [1.54, 1.807) is 6.07 Å². The van der Waals surface area contributed by atoms with Gasteiger partial charge in [-0.05, 0) is 24.5 Å². The molecule has 0 spiro atoms. The molecule has 0 aliphatic carbocycles. The largest absolute Gasteiger partial charge is 0.370 e. The topological polar surface area (TPSA) is 52.3 Å². The molecule has 1 rings (SSSR count). The average molecular weight is 305 g/mol. The SMILES string of the molecule is CCCCCCCCCCCCc1ccccc1C(=O)ON. The Bertz CT molecular complexity index is 418. The van der Waals surface area contributed by atoms with Crippen molar-refractivity contribution in [2.24, 2.45) is 5.90 Å². The zero-order valence-corrected chi connectivity index (χ0v) is 14.0. The molecule has 0 fully saturated rings. The summed E-state index contributed by atoms with van der Waals surface area (Å²) in [6.45, 7) is 2.26. The van der Waals surface area contributed by atoms with Gasteiger partial charge in [-0.15, -0.1) is 0 Å². The Hall–Kier alpha value is -1.35. The molecule has 0 aliphatic heterocycles. The number of hydrogen-bond acceptors (Lipinski definition) is 3. The normalized spacial score (nSPS) is 10.6. The van der Waals surface area contributed by atoms with Crippen molar-refractivity contribution < 1.29 is 9.63 Å². The third-order valence-electron chi connectivity index (χ3n) is 4.14. The summed E-state index contributed by atoms with van der Waals surface area (Å²) in [6.07, 6.45) is 14.1. The number of carbonyl (C=O) groups is 1. The number of nitrogens with two attached hydrogens (primary N) is 1. The minimum Gasteiger partial charge on any atom is -0.370 e. The summed E-state index contributed by atoms with van der Waals surface area (Å²) >= 11 is 0. The standard InChI is InChI=1S/C19H31NO2/c1-2-3-4-5-6-7-8-9-10-11-14-17-15-12-13-16-18(17)19(21)22-20/h12-13,15-16H,2-11,14,20H2,1H3. The zero-order valence-electron chi connectivity index (χ0n) is 14.0. The van der Waals surface area contributed by atoms with E-state index >= 15 is 0 Å². The number of unbranched alkanes of at least 4 members (excludes halogenated alkanes) is 9. The first-order valence-electron chi connectivity index (χ1n) is 8.78. The minimum absolute atomic E-state index is 0.442. The first kappa shape index (κ1) is 18.7. The predicted molar refractivity (Wildman–Crippen MR) is 91.6 cm³/mol. The highest BCUT2D eigenvalue weighted by Crippen LogP contribution is 2.15. The summed E-state index contributed by atoms with van der Waals surface area (Å²) in [6, 6.07) is 7.56. The van der Waals surface area contributed by atoms with E-state index in [0.29, 0.717) is 5.56 Å². The van der Waals surface area contributed by atoms with Crippen LogP contribution in [0.2, 0.25) is 0 Å². The van der Waals surface area contributed by atoms with Crippen LogP contribution in [0, 0.1) is 0 Å². The maximum absolute atomic E-state index is 11.6. The first-order chi connectivity index (χ1) is 10.8. The van der Waals surface area contributed by atoms with Crippen LogP contribution in [-0.2, 0) is 11.3 Å². The predicted octanol–water partition coefficient (Wildman–Crippen LogP) is 5.18. The van der Waals surface area contributed by atoms with E-state index in [9.17, 15) is 4.79 Å². The maximum atomic E-state index is 11.6. The fourth-order valence-corrected chi connectivity index (χ4v) is 2.80. The lowest BCUT2D eigenvalue weighted by molar-refractivity contribution is 0.0502. The lowest BCUT2D eigenvalue weighted by Gasteiger charge is -2.07. The number of aryl methyl sites for hydroxylation is 1. The highest BCUT2D eigenvalue weighted by Gasteiger charge is 2.10. The van der Waals surface area contributed by atoms with E-state index in [0.717, 1.165) is 18.4 Å². The molecule has 0 heterocycles. The molecule has 22 heavy (non-hydrogen) atoms. The smallest absolute Gasteiger partial charge is 0.356 e. The van der Waals surface area contributed by atoms with Crippen molar-refractivity contribution in [3.05, 3.63) is 35.4 Å². The molecule has 0 atom stereocenters. The van der Waals surface area contributed by atoms with Crippen molar-refractivity contribution in [2.45, 2.75) is 77.6 Å². The molecular formula is C19H31NO2. The van der Waals surface area contributed by atoms with Gasteiger partial charge < -0.3 is 4.84 Å². The summed E-state index contributed by atoms with van der Waals surface area (Å²) in [4.78, 5) is 15.9. The molecule has 0 saturated carbocycles. The van der Waals surface area contributed by atoms with Crippen LogP contribution in [0.3, 0.4) is 0 Å². The van der Waals surface area contributed by atoms with E-state index in [1.165, 1.54) is 57.8 Å². The average Bonchev–Trinajstić information content (AvgIpc) is 2.56. The molecule has 1 aromatic carbocycles. The van der Waals surface area contributed by atoms with Crippen molar-refractivity contribution in [3.8, 4) is 0 Å². The van der Waals surface area contributed by atoms with Gasteiger partial charge in [0.25, 0.3) is 0 Å². The Kier molecular flexibility index (Phi) is 10.4. The second-order valence-corrected chi connectivity index (χ2v) is 5.99. The fourth-order valence-electron chi connectivity index (χ4n) is 2.80. The third-order valence-corrected chi connectivity index (χ3v) is 4.14. The van der Waals surface area contributed by atoms with E-state index in [1.807, 2.05) is 18.2 Å². The van der Waals surface area contributed by atoms with Gasteiger partial charge in [0.1, 0.15) is 0 Å². The zero-order chi connectivity index (χ0) is 16.0. The Morgan fingerprint density at radius 3 is 2.05 bits per heavy atom. The molecule has 0 bridgehead atoms. The fraction of sp³-hybridized carbons (Fsp3) is 0.632. The van der Waals surface area contributed by atoms with Crippen LogP contribution < -0.4 is 5.90 Å². The summed E-state index contributed by atoms with van der Waals surface area (Å²) in [5.74, 6) is 4.53. The van der Waals surface area contributed by atoms with Gasteiger partial charge in [-0.2, -0.15) is 5.90 Å². The van der Waals surface area contributed by atoms with E-state index < -0.39 is 5.97 Å². The second-order valence-electron chi connectivity index (χ2n) is 5.99. The Labute approximate surface area is 135 Å². The van der Waals surface area contributed by atoms with Gasteiger partial charge in [0.2, 0.25) is 0 Å². The molecule has 0 saturated heterocycles. The van der Waals surface area contributed by atoms with Crippen molar-refractivity contribution in [1.29, 1.82) is 0 Å². The van der Waals surface area contributed by atoms with Crippen LogP contribution in [0.1, 0.15) is 87.1 Å². The molecular weight excluding hydrogens is 274 g/mol. The van der Waals surface area contributed by atoms with Crippen molar-refractivity contribution in [3.63, 3.8) is 0 Å². The molecule has 124 valence electrons. The van der Waals surface area contributed by atoms with Gasteiger partial charge in [0.05, 0.1) is 5.56 Å². The highest BCUT2D eigenvalue weighted by molar-refractivity contribution is 5.90. The second kappa shape index (κ2) is 12.2. The van der Waals surface area contributed by atoms with Crippen molar-refractivity contribution >= 4 is 5.97 Å². The third kappa shape index (κ3) is 7.60. The summed E-state index contributed by atoms with van der Waals surface area (Å²) in [5.41, 5.74) is 1.64. The molecule has 0 amide bonds. The number of hydrogen-bond donors (Lipinski definition) is 1. The monoisotopic (exact) mass is 305 g/mol. The molecule has 2 N–H and O–H groups in total. The molecule has 0 aliphatic rings. The van der Waals surface area contributed by atoms with Gasteiger partial charge in [-0.1, -0.05) is 82.9 Å². The summed E-state index contributed by atoms with van der Waals surface area (Å²) in [7, 11) is 0. The van der Waals surface area contributed by atoms with Gasteiger partial charge in [-0.3, -0.25) is 0 Å². The molecule has 0 aromatic heterocycles. The number of rotatable bonds is 12. The van der Waals surface area contributed by atoms with Gasteiger partial charge in [0, 0.05) is 0 Å². The molecule has 0 radical (unpaired) electrons. The number of benzene rings is 1. The van der Waals surface area contributed by atoms with Crippen LogP contribution in [0.4, 0.5) is 0 Å². The molecule has 3 nitrogen and oxygen atoms in total. The Morgan fingerprint density at radius 2 is 1.45 bits per heavy atom. The highest BCUT2D eigenvalue weighted by atomic mass is 16.7. The van der Waals surface area contributed by atoms with Crippen molar-refractivity contribution in [1.82, 2.24) is 0 Å². The molecule has 1 aromatic rings. The first-order valence-corrected chi connectivity index (χ1v) is 8.78. The Morgan fingerprint density at radius 1 is 0.909 bits per heavy atom. The lowest BCUT2D eigenvalue weighted by Crippen LogP contribution is -2.12. The molecule has 0 unspecified atom stereocenters. The summed E-state index contributed by atoms with van der Waals surface area (Å²) < 4.78 is 0. The maximum Gasteiger partial charge on any atom is 0.356 e. The van der Waals surface area contributed by atoms with Crippen LogP contribution >= 0.6 is 0 Å². The van der Waals surface area contributed by atoms with Crippen LogP contribution in [0.5, 0.6) is 0 Å². The Balaban J connectivity index is 2.11. The van der Waals surface area contributed by atoms with E-state index in [-0.39, 0.29) is 0 Å². The lowest BCUT2D eigenvalue weighted by atomic mass is 10.00. The van der Waals surface area contributed by atoms with Crippen LogP contribution in [0.15, 0.2) is 24.3 Å². The molecule has 3 heteroatoms. The van der Waals surface area contributed by atoms with E-state index in [4.69, 9.17) is 5.90 Å². The minimum atomic E-state index is -0.442.